The maximum atomic E-state index is 12.4. The summed E-state index contributed by atoms with van der Waals surface area (Å²) in [5, 5.41) is 4.06. The molecule has 1 amide bonds. The Morgan fingerprint density at radius 3 is 2.76 bits per heavy atom. The molecule has 1 aromatic heterocycles. The van der Waals surface area contributed by atoms with E-state index in [0.29, 0.717) is 16.5 Å². The van der Waals surface area contributed by atoms with Gasteiger partial charge in [-0.2, -0.15) is 0 Å². The SMILES string of the molecule is CCC(C)CC(C)NC(=O)c1sc2ccc(C)cc2c1N. The van der Waals surface area contributed by atoms with E-state index >= 15 is 0 Å². The Balaban J connectivity index is 2.18. The minimum absolute atomic E-state index is 0.0536. The number of benzene rings is 1. The average Bonchev–Trinajstić information content (AvgIpc) is 2.75. The number of nitrogen functional groups attached to an aromatic ring is 1. The highest BCUT2D eigenvalue weighted by Gasteiger charge is 2.18. The van der Waals surface area contributed by atoms with Gasteiger partial charge in [-0.3, -0.25) is 4.79 Å². The second kappa shape index (κ2) is 6.48. The zero-order valence-corrected chi connectivity index (χ0v) is 14.0. The molecule has 2 rings (SSSR count). The van der Waals surface area contributed by atoms with Gasteiger partial charge < -0.3 is 11.1 Å². The molecule has 114 valence electrons. The second-order valence-corrected chi connectivity index (χ2v) is 7.02. The van der Waals surface area contributed by atoms with Crippen LogP contribution in [0, 0.1) is 12.8 Å². The van der Waals surface area contributed by atoms with Crippen molar-refractivity contribution >= 4 is 33.0 Å². The van der Waals surface area contributed by atoms with E-state index in [2.05, 4.69) is 26.1 Å². The summed E-state index contributed by atoms with van der Waals surface area (Å²) in [6.45, 7) is 8.47. The number of hydrogen-bond donors (Lipinski definition) is 2. The van der Waals surface area contributed by atoms with Gasteiger partial charge in [0.05, 0.1) is 5.69 Å². The van der Waals surface area contributed by atoms with Crippen LogP contribution in [0.15, 0.2) is 18.2 Å². The number of nitrogens with one attached hydrogen (secondary N) is 1. The van der Waals surface area contributed by atoms with Crippen LogP contribution in [0.2, 0.25) is 0 Å². The highest BCUT2D eigenvalue weighted by atomic mass is 32.1. The van der Waals surface area contributed by atoms with Crippen molar-refractivity contribution < 1.29 is 4.79 Å². The van der Waals surface area contributed by atoms with Crippen molar-refractivity contribution in [3.8, 4) is 0 Å². The van der Waals surface area contributed by atoms with Crippen molar-refractivity contribution in [2.75, 3.05) is 5.73 Å². The summed E-state index contributed by atoms with van der Waals surface area (Å²) in [5.41, 5.74) is 7.92. The third-order valence-electron chi connectivity index (χ3n) is 3.92. The number of aryl methyl sites for hydroxylation is 1. The van der Waals surface area contributed by atoms with Crippen LogP contribution < -0.4 is 11.1 Å². The topological polar surface area (TPSA) is 55.1 Å². The first-order valence-electron chi connectivity index (χ1n) is 7.51. The predicted octanol–water partition coefficient (Wildman–Crippen LogP) is 4.35. The average molecular weight is 304 g/mol. The van der Waals surface area contributed by atoms with Gasteiger partial charge in [0.15, 0.2) is 0 Å². The summed E-state index contributed by atoms with van der Waals surface area (Å²) in [7, 11) is 0. The molecule has 3 N–H and O–H groups in total. The minimum atomic E-state index is -0.0536. The molecule has 0 radical (unpaired) electrons. The molecule has 21 heavy (non-hydrogen) atoms. The van der Waals surface area contributed by atoms with Crippen LogP contribution in [0.25, 0.3) is 10.1 Å². The number of anilines is 1. The van der Waals surface area contributed by atoms with E-state index in [0.717, 1.165) is 28.5 Å². The van der Waals surface area contributed by atoms with Crippen LogP contribution in [0.4, 0.5) is 5.69 Å². The first kappa shape index (κ1) is 15.8. The Morgan fingerprint density at radius 2 is 2.10 bits per heavy atom. The van der Waals surface area contributed by atoms with Crippen molar-refractivity contribution in [2.24, 2.45) is 5.92 Å². The maximum Gasteiger partial charge on any atom is 0.263 e. The van der Waals surface area contributed by atoms with E-state index in [1.165, 1.54) is 11.3 Å². The first-order chi connectivity index (χ1) is 9.92. The van der Waals surface area contributed by atoms with E-state index in [9.17, 15) is 4.79 Å². The number of thiophene rings is 1. The molecule has 4 heteroatoms. The van der Waals surface area contributed by atoms with Crippen molar-refractivity contribution in [3.63, 3.8) is 0 Å². The summed E-state index contributed by atoms with van der Waals surface area (Å²) in [6, 6.07) is 6.29. The number of fused-ring (bicyclic) bond motifs is 1. The smallest absolute Gasteiger partial charge is 0.263 e. The fourth-order valence-electron chi connectivity index (χ4n) is 2.52. The number of hydrogen-bond acceptors (Lipinski definition) is 3. The number of carbonyl (C=O) groups excluding carboxylic acids is 1. The molecule has 0 fully saturated rings. The lowest BCUT2D eigenvalue weighted by molar-refractivity contribution is 0.0940. The molecular weight excluding hydrogens is 280 g/mol. The Kier molecular flexibility index (Phi) is 4.88. The molecule has 0 saturated heterocycles. The van der Waals surface area contributed by atoms with Crippen LogP contribution in [-0.2, 0) is 0 Å². The summed E-state index contributed by atoms with van der Waals surface area (Å²) in [5.74, 6) is 0.560. The fraction of sp³-hybridized carbons (Fsp3) is 0.471. The van der Waals surface area contributed by atoms with E-state index < -0.39 is 0 Å². The number of carbonyl (C=O) groups is 1. The summed E-state index contributed by atoms with van der Waals surface area (Å²) in [4.78, 5) is 13.1. The van der Waals surface area contributed by atoms with Gasteiger partial charge in [-0.15, -0.1) is 11.3 Å². The number of rotatable bonds is 5. The highest BCUT2D eigenvalue weighted by Crippen LogP contribution is 2.34. The van der Waals surface area contributed by atoms with E-state index in [4.69, 9.17) is 5.73 Å². The van der Waals surface area contributed by atoms with Crippen LogP contribution in [0.5, 0.6) is 0 Å². The van der Waals surface area contributed by atoms with Gasteiger partial charge >= 0.3 is 0 Å². The van der Waals surface area contributed by atoms with Crippen LogP contribution in [-0.4, -0.2) is 11.9 Å². The van der Waals surface area contributed by atoms with Gasteiger partial charge in [0.25, 0.3) is 5.91 Å². The van der Waals surface area contributed by atoms with E-state index in [1.807, 2.05) is 25.1 Å². The monoisotopic (exact) mass is 304 g/mol. The van der Waals surface area contributed by atoms with E-state index in [-0.39, 0.29) is 11.9 Å². The third kappa shape index (κ3) is 3.56. The zero-order valence-electron chi connectivity index (χ0n) is 13.2. The largest absolute Gasteiger partial charge is 0.397 e. The molecule has 0 spiro atoms. The quantitative estimate of drug-likeness (QED) is 0.863. The molecule has 0 bridgehead atoms. The molecule has 0 saturated carbocycles. The first-order valence-corrected chi connectivity index (χ1v) is 8.33. The van der Waals surface area contributed by atoms with Gasteiger partial charge in [0.1, 0.15) is 4.88 Å². The highest BCUT2D eigenvalue weighted by molar-refractivity contribution is 7.21. The van der Waals surface area contributed by atoms with Gasteiger partial charge in [0.2, 0.25) is 0 Å². The summed E-state index contributed by atoms with van der Waals surface area (Å²) >= 11 is 1.47. The second-order valence-electron chi connectivity index (χ2n) is 5.97. The zero-order chi connectivity index (χ0) is 15.6. The molecule has 0 aliphatic carbocycles. The van der Waals surface area contributed by atoms with Gasteiger partial charge in [-0.25, -0.2) is 0 Å². The molecule has 3 nitrogen and oxygen atoms in total. The van der Waals surface area contributed by atoms with Crippen molar-refractivity contribution in [3.05, 3.63) is 28.6 Å². The standard InChI is InChI=1S/C17H24N2OS/c1-5-10(2)8-12(4)19-17(20)16-15(18)13-9-11(3)6-7-14(13)21-16/h6-7,9-10,12H,5,8,18H2,1-4H3,(H,19,20). The minimum Gasteiger partial charge on any atom is -0.397 e. The Labute approximate surface area is 130 Å². The third-order valence-corrected chi connectivity index (χ3v) is 5.10. The maximum absolute atomic E-state index is 12.4. The normalized spacial score (nSPS) is 14.1. The van der Waals surface area contributed by atoms with Gasteiger partial charge in [0, 0.05) is 16.1 Å². The van der Waals surface area contributed by atoms with Gasteiger partial charge in [-0.05, 0) is 38.3 Å². The van der Waals surface area contributed by atoms with Gasteiger partial charge in [-0.1, -0.05) is 31.9 Å². The molecular formula is C17H24N2OS. The summed E-state index contributed by atoms with van der Waals surface area (Å²) < 4.78 is 1.07. The lowest BCUT2D eigenvalue weighted by atomic mass is 10.0. The summed E-state index contributed by atoms with van der Waals surface area (Å²) in [6.07, 6.45) is 2.12. The molecule has 0 aliphatic rings. The predicted molar refractivity (Wildman–Crippen MR) is 92.0 cm³/mol. The molecule has 2 atom stereocenters. The van der Waals surface area contributed by atoms with Crippen molar-refractivity contribution in [1.82, 2.24) is 5.32 Å². The molecule has 0 aliphatic heterocycles. The molecule has 1 heterocycles. The Bertz CT molecular complexity index is 648. The fourth-order valence-corrected chi connectivity index (χ4v) is 3.52. The Morgan fingerprint density at radius 1 is 1.38 bits per heavy atom. The van der Waals surface area contributed by atoms with Crippen LogP contribution in [0.3, 0.4) is 0 Å². The molecule has 1 aromatic carbocycles. The van der Waals surface area contributed by atoms with Crippen molar-refractivity contribution in [2.45, 2.75) is 46.6 Å². The van der Waals surface area contributed by atoms with E-state index in [1.54, 1.807) is 0 Å². The van der Waals surface area contributed by atoms with Crippen LogP contribution in [0.1, 0.15) is 48.8 Å². The Hall–Kier alpha value is -1.55. The number of nitrogens with two attached hydrogens (primary N) is 1. The molecule has 2 aromatic rings. The lowest BCUT2D eigenvalue weighted by Gasteiger charge is -2.17. The lowest BCUT2D eigenvalue weighted by Crippen LogP contribution is -2.33. The molecule has 2 unspecified atom stereocenters. The van der Waals surface area contributed by atoms with Crippen LogP contribution >= 0.6 is 11.3 Å². The number of amides is 1. The van der Waals surface area contributed by atoms with Crippen molar-refractivity contribution in [1.29, 1.82) is 0 Å².